The third-order valence-corrected chi connectivity index (χ3v) is 6.91. The fraction of sp³-hybridized carbons (Fsp3) is 0.462. The van der Waals surface area contributed by atoms with Crippen LogP contribution in [0.5, 0.6) is 11.5 Å². The maximum Gasteiger partial charge on any atom is 0.242 e. The molecule has 1 N–H and O–H groups in total. The number of hydrogen-bond acceptors (Lipinski definition) is 6. The quantitative estimate of drug-likeness (QED) is 0.411. The van der Waals surface area contributed by atoms with Crippen LogP contribution in [0.2, 0.25) is 0 Å². The predicted octanol–water partition coefficient (Wildman–Crippen LogP) is 3.19. The van der Waals surface area contributed by atoms with Crippen LogP contribution in [0.3, 0.4) is 0 Å². The van der Waals surface area contributed by atoms with E-state index in [0.717, 1.165) is 11.8 Å². The Balaban J connectivity index is 2.22. The number of ether oxygens (including phenoxy) is 2. The molecule has 1 unspecified atom stereocenters. The number of rotatable bonds is 14. The van der Waals surface area contributed by atoms with Crippen molar-refractivity contribution in [2.75, 3.05) is 37.9 Å². The van der Waals surface area contributed by atoms with Crippen molar-refractivity contribution in [1.29, 1.82) is 0 Å². The summed E-state index contributed by atoms with van der Waals surface area (Å²) in [6.07, 6.45) is 1.92. The lowest BCUT2D eigenvalue weighted by atomic mass is 10.1. The van der Waals surface area contributed by atoms with Gasteiger partial charge in [-0.2, -0.15) is 0 Å². The molecule has 0 aliphatic rings. The molecule has 0 saturated carbocycles. The molecule has 0 saturated heterocycles. The highest BCUT2D eigenvalue weighted by molar-refractivity contribution is 7.92. The summed E-state index contributed by atoms with van der Waals surface area (Å²) in [5.41, 5.74) is 1.29. The number of nitrogens with zero attached hydrogens (tertiary/aromatic N) is 2. The lowest BCUT2D eigenvalue weighted by Crippen LogP contribution is -2.48. The highest BCUT2D eigenvalue weighted by atomic mass is 32.2. The lowest BCUT2D eigenvalue weighted by molar-refractivity contribution is -0.141. The Labute approximate surface area is 214 Å². The van der Waals surface area contributed by atoms with E-state index in [2.05, 4.69) is 5.32 Å². The Kier molecular flexibility index (Phi) is 11.0. The SMILES string of the molecule is CCOc1ccccc1N(CCCC(=O)N(Cc1ccc(OC)cc1)C(CC)C(=O)NC)S(C)(=O)=O. The van der Waals surface area contributed by atoms with Crippen LogP contribution in [-0.2, 0) is 26.2 Å². The first-order valence-electron chi connectivity index (χ1n) is 12.0. The summed E-state index contributed by atoms with van der Waals surface area (Å²) in [6.45, 7) is 4.42. The molecule has 36 heavy (non-hydrogen) atoms. The van der Waals surface area contributed by atoms with Gasteiger partial charge in [-0.1, -0.05) is 31.2 Å². The Hall–Kier alpha value is -3.27. The summed E-state index contributed by atoms with van der Waals surface area (Å²) < 4.78 is 37.2. The van der Waals surface area contributed by atoms with Crippen LogP contribution in [-0.4, -0.2) is 64.7 Å². The number of hydrogen-bond donors (Lipinski definition) is 1. The summed E-state index contributed by atoms with van der Waals surface area (Å²) in [6, 6.07) is 13.6. The molecule has 198 valence electrons. The summed E-state index contributed by atoms with van der Waals surface area (Å²) >= 11 is 0. The highest BCUT2D eigenvalue weighted by Crippen LogP contribution is 2.30. The zero-order valence-corrected chi connectivity index (χ0v) is 22.5. The molecule has 10 heteroatoms. The van der Waals surface area contributed by atoms with Gasteiger partial charge >= 0.3 is 0 Å². The molecule has 0 bridgehead atoms. The molecule has 0 fully saturated rings. The molecule has 2 amide bonds. The minimum Gasteiger partial charge on any atom is -0.497 e. The van der Waals surface area contributed by atoms with E-state index in [1.165, 1.54) is 4.31 Å². The molecule has 0 heterocycles. The van der Waals surface area contributed by atoms with Crippen LogP contribution < -0.4 is 19.1 Å². The molecule has 0 aliphatic heterocycles. The van der Waals surface area contributed by atoms with Gasteiger partial charge in [-0.05, 0) is 49.6 Å². The Bertz CT molecular complexity index is 1100. The normalized spacial score (nSPS) is 11.9. The van der Waals surface area contributed by atoms with E-state index >= 15 is 0 Å². The second kappa shape index (κ2) is 13.7. The van der Waals surface area contributed by atoms with E-state index in [4.69, 9.17) is 9.47 Å². The first kappa shape index (κ1) is 29.0. The number of para-hydroxylation sites is 2. The molecule has 2 rings (SSSR count). The Morgan fingerprint density at radius 2 is 1.72 bits per heavy atom. The number of nitrogens with one attached hydrogen (secondary N) is 1. The summed E-state index contributed by atoms with van der Waals surface area (Å²) in [5, 5.41) is 2.63. The Morgan fingerprint density at radius 3 is 2.28 bits per heavy atom. The van der Waals surface area contributed by atoms with Crippen molar-refractivity contribution < 1.29 is 27.5 Å². The minimum atomic E-state index is -3.62. The molecule has 2 aromatic carbocycles. The summed E-state index contributed by atoms with van der Waals surface area (Å²) in [4.78, 5) is 27.5. The van der Waals surface area contributed by atoms with Gasteiger partial charge in [0.05, 0.1) is 25.7 Å². The third-order valence-electron chi connectivity index (χ3n) is 5.73. The molecule has 0 radical (unpaired) electrons. The first-order chi connectivity index (χ1) is 17.2. The largest absolute Gasteiger partial charge is 0.497 e. The molecule has 9 nitrogen and oxygen atoms in total. The fourth-order valence-corrected chi connectivity index (χ4v) is 4.91. The van der Waals surface area contributed by atoms with Crippen molar-refractivity contribution in [3.8, 4) is 11.5 Å². The highest BCUT2D eigenvalue weighted by Gasteiger charge is 2.28. The van der Waals surface area contributed by atoms with Crippen molar-refractivity contribution in [2.45, 2.75) is 45.7 Å². The van der Waals surface area contributed by atoms with Gasteiger partial charge in [0.2, 0.25) is 21.8 Å². The second-order valence-electron chi connectivity index (χ2n) is 8.25. The zero-order chi connectivity index (χ0) is 26.7. The van der Waals surface area contributed by atoms with E-state index in [-0.39, 0.29) is 37.7 Å². The maximum atomic E-state index is 13.4. The summed E-state index contributed by atoms with van der Waals surface area (Å²) in [5.74, 6) is 0.683. The van der Waals surface area contributed by atoms with E-state index in [1.54, 1.807) is 55.5 Å². The van der Waals surface area contributed by atoms with Gasteiger partial charge < -0.3 is 19.7 Å². The van der Waals surface area contributed by atoms with Crippen molar-refractivity contribution in [3.63, 3.8) is 0 Å². The first-order valence-corrected chi connectivity index (χ1v) is 13.8. The molecular weight excluding hydrogens is 482 g/mol. The average Bonchev–Trinajstić information content (AvgIpc) is 2.86. The van der Waals surface area contributed by atoms with Gasteiger partial charge in [0, 0.05) is 26.6 Å². The predicted molar refractivity (Wildman–Crippen MR) is 141 cm³/mol. The standard InChI is InChI=1S/C26H37N3O6S/c1-6-22(26(31)27-3)28(19-20-14-16-21(34-4)17-15-20)25(30)13-10-18-29(36(5,32)33)23-11-8-9-12-24(23)35-7-2/h8-9,11-12,14-17,22H,6-7,10,13,18-19H2,1-5H3,(H,27,31). The molecule has 0 aliphatic carbocycles. The van der Waals surface area contributed by atoms with Crippen molar-refractivity contribution >= 4 is 27.5 Å². The van der Waals surface area contributed by atoms with Crippen LogP contribution >= 0.6 is 0 Å². The average molecular weight is 520 g/mol. The molecule has 0 aromatic heterocycles. The topological polar surface area (TPSA) is 105 Å². The van der Waals surface area contributed by atoms with Gasteiger partial charge in [0.1, 0.15) is 17.5 Å². The zero-order valence-electron chi connectivity index (χ0n) is 21.7. The monoisotopic (exact) mass is 519 g/mol. The van der Waals surface area contributed by atoms with Gasteiger partial charge in [0.15, 0.2) is 0 Å². The number of anilines is 1. The van der Waals surface area contributed by atoms with E-state index < -0.39 is 16.1 Å². The van der Waals surface area contributed by atoms with Gasteiger partial charge in [-0.25, -0.2) is 8.42 Å². The number of methoxy groups -OCH3 is 1. The molecular formula is C26H37N3O6S. The molecule has 0 spiro atoms. The fourth-order valence-electron chi connectivity index (χ4n) is 3.94. The summed E-state index contributed by atoms with van der Waals surface area (Å²) in [7, 11) is -0.496. The van der Waals surface area contributed by atoms with Crippen LogP contribution in [0.4, 0.5) is 5.69 Å². The molecule has 1 atom stereocenters. The number of sulfonamides is 1. The van der Waals surface area contributed by atoms with Crippen LogP contribution in [0.25, 0.3) is 0 Å². The van der Waals surface area contributed by atoms with E-state index in [9.17, 15) is 18.0 Å². The second-order valence-corrected chi connectivity index (χ2v) is 10.2. The number of amides is 2. The number of carbonyl (C=O) groups is 2. The van der Waals surface area contributed by atoms with E-state index in [1.807, 2.05) is 26.0 Å². The van der Waals surface area contributed by atoms with Crippen molar-refractivity contribution in [1.82, 2.24) is 10.2 Å². The number of likely N-dealkylation sites (N-methyl/N-ethyl adjacent to an activating group) is 1. The third kappa shape index (κ3) is 7.87. The number of carbonyl (C=O) groups excluding carboxylic acids is 2. The van der Waals surface area contributed by atoms with Crippen molar-refractivity contribution in [2.24, 2.45) is 0 Å². The maximum absolute atomic E-state index is 13.4. The van der Waals surface area contributed by atoms with E-state index in [0.29, 0.717) is 30.2 Å². The number of benzene rings is 2. The minimum absolute atomic E-state index is 0.0759. The van der Waals surface area contributed by atoms with Crippen LogP contribution in [0.1, 0.15) is 38.7 Å². The van der Waals surface area contributed by atoms with Crippen molar-refractivity contribution in [3.05, 3.63) is 54.1 Å². The smallest absolute Gasteiger partial charge is 0.242 e. The van der Waals surface area contributed by atoms with Gasteiger partial charge in [-0.3, -0.25) is 13.9 Å². The van der Waals surface area contributed by atoms with Gasteiger partial charge in [0.25, 0.3) is 0 Å². The van der Waals surface area contributed by atoms with Crippen LogP contribution in [0.15, 0.2) is 48.5 Å². The molecule has 2 aromatic rings. The Morgan fingerprint density at radius 1 is 1.06 bits per heavy atom. The van der Waals surface area contributed by atoms with Crippen LogP contribution in [0, 0.1) is 0 Å². The van der Waals surface area contributed by atoms with Gasteiger partial charge in [-0.15, -0.1) is 0 Å². The lowest BCUT2D eigenvalue weighted by Gasteiger charge is -2.31.